The topological polar surface area (TPSA) is 12.0 Å². The molecule has 0 spiro atoms. The SMILES string of the molecule is CCNC(c1ccc(Br)c(F)c1)C1CCCC(C)C1. The first-order chi connectivity index (χ1) is 9.11. The van der Waals surface area contributed by atoms with Gasteiger partial charge in [-0.2, -0.15) is 0 Å². The van der Waals surface area contributed by atoms with Crippen LogP contribution in [0.1, 0.15) is 51.1 Å². The largest absolute Gasteiger partial charge is 0.310 e. The molecule has 1 aromatic carbocycles. The molecule has 3 heteroatoms. The second-order valence-corrected chi connectivity index (χ2v) is 6.60. The fraction of sp³-hybridized carbons (Fsp3) is 0.625. The van der Waals surface area contributed by atoms with Crippen molar-refractivity contribution in [3.8, 4) is 0 Å². The van der Waals surface area contributed by atoms with E-state index in [0.717, 1.165) is 18.0 Å². The molecule has 0 bridgehead atoms. The minimum Gasteiger partial charge on any atom is -0.310 e. The minimum atomic E-state index is -0.163. The molecule has 0 amide bonds. The predicted molar refractivity (Wildman–Crippen MR) is 81.6 cm³/mol. The van der Waals surface area contributed by atoms with Gasteiger partial charge in [0.25, 0.3) is 0 Å². The second kappa shape index (κ2) is 6.85. The van der Waals surface area contributed by atoms with Gasteiger partial charge in [-0.25, -0.2) is 4.39 Å². The molecule has 3 atom stereocenters. The van der Waals surface area contributed by atoms with Gasteiger partial charge in [-0.15, -0.1) is 0 Å². The lowest BCUT2D eigenvalue weighted by Crippen LogP contribution is -2.31. The summed E-state index contributed by atoms with van der Waals surface area (Å²) < 4.78 is 14.3. The van der Waals surface area contributed by atoms with Crippen LogP contribution < -0.4 is 5.32 Å². The third kappa shape index (κ3) is 3.79. The van der Waals surface area contributed by atoms with E-state index in [2.05, 4.69) is 35.1 Å². The highest BCUT2D eigenvalue weighted by Crippen LogP contribution is 2.37. The fourth-order valence-corrected chi connectivity index (χ4v) is 3.51. The Kier molecular flexibility index (Phi) is 5.40. The number of rotatable bonds is 4. The van der Waals surface area contributed by atoms with Crippen LogP contribution in [0.5, 0.6) is 0 Å². The molecular weight excluding hydrogens is 305 g/mol. The Hall–Kier alpha value is -0.410. The van der Waals surface area contributed by atoms with Crippen molar-refractivity contribution in [3.05, 3.63) is 34.1 Å². The van der Waals surface area contributed by atoms with E-state index in [0.29, 0.717) is 10.4 Å². The van der Waals surface area contributed by atoms with E-state index >= 15 is 0 Å². The molecule has 0 aromatic heterocycles. The molecule has 0 saturated heterocycles. The summed E-state index contributed by atoms with van der Waals surface area (Å²) in [6, 6.07) is 5.83. The van der Waals surface area contributed by atoms with Crippen LogP contribution in [-0.2, 0) is 0 Å². The van der Waals surface area contributed by atoms with Crippen LogP contribution in [0.4, 0.5) is 4.39 Å². The van der Waals surface area contributed by atoms with Crippen LogP contribution >= 0.6 is 15.9 Å². The molecule has 106 valence electrons. The Morgan fingerprint density at radius 1 is 1.42 bits per heavy atom. The number of benzene rings is 1. The van der Waals surface area contributed by atoms with Crippen LogP contribution in [0.3, 0.4) is 0 Å². The summed E-state index contributed by atoms with van der Waals surface area (Å²) >= 11 is 3.23. The van der Waals surface area contributed by atoms with Crippen LogP contribution in [-0.4, -0.2) is 6.54 Å². The highest BCUT2D eigenvalue weighted by molar-refractivity contribution is 9.10. The summed E-state index contributed by atoms with van der Waals surface area (Å²) in [4.78, 5) is 0. The molecule has 0 radical (unpaired) electrons. The zero-order chi connectivity index (χ0) is 13.8. The second-order valence-electron chi connectivity index (χ2n) is 5.74. The summed E-state index contributed by atoms with van der Waals surface area (Å²) in [5.74, 6) is 1.26. The lowest BCUT2D eigenvalue weighted by molar-refractivity contribution is 0.225. The van der Waals surface area contributed by atoms with Gasteiger partial charge in [-0.3, -0.25) is 0 Å². The maximum Gasteiger partial charge on any atom is 0.137 e. The monoisotopic (exact) mass is 327 g/mol. The van der Waals surface area contributed by atoms with Crippen molar-refractivity contribution in [2.24, 2.45) is 11.8 Å². The molecule has 1 aromatic rings. The zero-order valence-electron chi connectivity index (χ0n) is 11.8. The van der Waals surface area contributed by atoms with Crippen molar-refractivity contribution in [2.45, 2.75) is 45.6 Å². The summed E-state index contributed by atoms with van der Waals surface area (Å²) in [6.07, 6.45) is 5.13. The van der Waals surface area contributed by atoms with Gasteiger partial charge >= 0.3 is 0 Å². The first kappa shape index (κ1) is 15.0. The average Bonchev–Trinajstić information content (AvgIpc) is 2.39. The van der Waals surface area contributed by atoms with Gasteiger partial charge in [0, 0.05) is 6.04 Å². The van der Waals surface area contributed by atoms with E-state index in [9.17, 15) is 4.39 Å². The highest BCUT2D eigenvalue weighted by atomic mass is 79.9. The molecule has 19 heavy (non-hydrogen) atoms. The van der Waals surface area contributed by atoms with E-state index in [1.807, 2.05) is 12.1 Å². The van der Waals surface area contributed by atoms with Gasteiger partial charge < -0.3 is 5.32 Å². The van der Waals surface area contributed by atoms with E-state index in [1.54, 1.807) is 6.07 Å². The molecule has 0 aliphatic heterocycles. The first-order valence-electron chi connectivity index (χ1n) is 7.30. The van der Waals surface area contributed by atoms with Gasteiger partial charge in [-0.1, -0.05) is 32.8 Å². The van der Waals surface area contributed by atoms with E-state index < -0.39 is 0 Å². The molecule has 1 N–H and O–H groups in total. The van der Waals surface area contributed by atoms with Crippen molar-refractivity contribution in [1.29, 1.82) is 0 Å². The molecule has 1 nitrogen and oxygen atoms in total. The van der Waals surface area contributed by atoms with Crippen LogP contribution in [0, 0.1) is 17.7 Å². The van der Waals surface area contributed by atoms with Crippen molar-refractivity contribution in [3.63, 3.8) is 0 Å². The minimum absolute atomic E-state index is 0.163. The Morgan fingerprint density at radius 3 is 2.84 bits per heavy atom. The average molecular weight is 328 g/mol. The number of hydrogen-bond acceptors (Lipinski definition) is 1. The normalized spacial score (nSPS) is 25.3. The molecule has 3 unspecified atom stereocenters. The number of halogens is 2. The van der Waals surface area contributed by atoms with Crippen molar-refractivity contribution in [2.75, 3.05) is 6.54 Å². The van der Waals surface area contributed by atoms with E-state index in [-0.39, 0.29) is 11.9 Å². The van der Waals surface area contributed by atoms with E-state index in [1.165, 1.54) is 25.7 Å². The van der Waals surface area contributed by atoms with Crippen molar-refractivity contribution >= 4 is 15.9 Å². The molecule has 1 aliphatic rings. The number of nitrogens with one attached hydrogen (secondary N) is 1. The Labute approximate surface area is 124 Å². The predicted octanol–water partition coefficient (Wildman–Crippen LogP) is 5.07. The maximum atomic E-state index is 13.7. The van der Waals surface area contributed by atoms with Crippen LogP contribution in [0.15, 0.2) is 22.7 Å². The standard InChI is InChI=1S/C16H23BrFN/c1-3-19-16(12-6-4-5-11(2)9-12)13-7-8-14(17)15(18)10-13/h7-8,10-12,16,19H,3-6,9H2,1-2H3. The Morgan fingerprint density at radius 2 is 2.21 bits per heavy atom. The van der Waals surface area contributed by atoms with Crippen LogP contribution in [0.25, 0.3) is 0 Å². The Bertz CT molecular complexity index is 421. The smallest absolute Gasteiger partial charge is 0.137 e. The third-order valence-corrected chi connectivity index (χ3v) is 4.82. The third-order valence-electron chi connectivity index (χ3n) is 4.18. The quantitative estimate of drug-likeness (QED) is 0.814. The molecule has 2 rings (SSSR count). The molecule has 0 heterocycles. The van der Waals surface area contributed by atoms with Gasteiger partial charge in [-0.05, 0) is 64.8 Å². The summed E-state index contributed by atoms with van der Waals surface area (Å²) in [5.41, 5.74) is 1.08. The zero-order valence-corrected chi connectivity index (χ0v) is 13.3. The summed E-state index contributed by atoms with van der Waals surface area (Å²) in [7, 11) is 0. The Balaban J connectivity index is 2.20. The van der Waals surface area contributed by atoms with Gasteiger partial charge in [0.05, 0.1) is 4.47 Å². The van der Waals surface area contributed by atoms with Gasteiger partial charge in [0.15, 0.2) is 0 Å². The van der Waals surface area contributed by atoms with Crippen molar-refractivity contribution < 1.29 is 4.39 Å². The van der Waals surface area contributed by atoms with Gasteiger partial charge in [0.1, 0.15) is 5.82 Å². The lowest BCUT2D eigenvalue weighted by Gasteiger charge is -2.34. The maximum absolute atomic E-state index is 13.7. The number of hydrogen-bond donors (Lipinski definition) is 1. The first-order valence-corrected chi connectivity index (χ1v) is 8.09. The summed E-state index contributed by atoms with van der Waals surface area (Å²) in [6.45, 7) is 5.37. The molecule has 1 aliphatic carbocycles. The highest BCUT2D eigenvalue weighted by Gasteiger charge is 2.27. The van der Waals surface area contributed by atoms with Gasteiger partial charge in [0.2, 0.25) is 0 Å². The molecular formula is C16H23BrFN. The summed E-state index contributed by atoms with van der Waals surface area (Å²) in [5, 5.41) is 3.55. The fourth-order valence-electron chi connectivity index (χ4n) is 3.27. The lowest BCUT2D eigenvalue weighted by atomic mass is 9.76. The molecule has 1 saturated carbocycles. The van der Waals surface area contributed by atoms with Crippen LogP contribution in [0.2, 0.25) is 0 Å². The molecule has 1 fully saturated rings. The van der Waals surface area contributed by atoms with E-state index in [4.69, 9.17) is 0 Å². The van der Waals surface area contributed by atoms with Crippen molar-refractivity contribution in [1.82, 2.24) is 5.32 Å².